The van der Waals surface area contributed by atoms with Crippen molar-refractivity contribution in [2.75, 3.05) is 19.6 Å². The fourth-order valence-corrected chi connectivity index (χ4v) is 5.15. The van der Waals surface area contributed by atoms with Crippen LogP contribution in [0.1, 0.15) is 82.5 Å². The Balaban J connectivity index is 1.49. The number of amides is 2. The molecule has 2 fully saturated rings. The van der Waals surface area contributed by atoms with E-state index in [-0.39, 0.29) is 17.7 Å². The minimum Gasteiger partial charge on any atom is -0.380 e. The first-order valence-electron chi connectivity index (χ1n) is 12.4. The van der Waals surface area contributed by atoms with Crippen molar-refractivity contribution in [2.24, 2.45) is 5.92 Å². The van der Waals surface area contributed by atoms with Crippen LogP contribution in [0.3, 0.4) is 0 Å². The SMILES string of the molecule is CC(C)/C(=C/C(=[NH2+])C1=CCCC1)c1ncc(C(=O)N2CCN(C(=O)C3(O)CCC3)CC2(C)C)[nH]1. The highest BCUT2D eigenvalue weighted by Crippen LogP contribution is 2.35. The van der Waals surface area contributed by atoms with Gasteiger partial charge in [-0.05, 0) is 58.3 Å². The molecule has 1 saturated carbocycles. The number of rotatable bonds is 6. The Morgan fingerprint density at radius 1 is 1.24 bits per heavy atom. The molecule has 2 heterocycles. The summed E-state index contributed by atoms with van der Waals surface area (Å²) in [4.78, 5) is 37.5. The summed E-state index contributed by atoms with van der Waals surface area (Å²) in [5.74, 6) is 0.481. The number of imidazole rings is 1. The minimum atomic E-state index is -1.21. The quantitative estimate of drug-likeness (QED) is 0.552. The highest BCUT2D eigenvalue weighted by atomic mass is 16.3. The first-order chi connectivity index (χ1) is 16.0. The smallest absolute Gasteiger partial charge is 0.272 e. The van der Waals surface area contributed by atoms with E-state index in [1.807, 2.05) is 19.9 Å². The van der Waals surface area contributed by atoms with Gasteiger partial charge in [-0.25, -0.2) is 4.98 Å². The van der Waals surface area contributed by atoms with Crippen molar-refractivity contribution in [3.63, 3.8) is 0 Å². The first kappa shape index (κ1) is 24.4. The summed E-state index contributed by atoms with van der Waals surface area (Å²) < 4.78 is 0. The monoisotopic (exact) mass is 468 g/mol. The standard InChI is InChI=1S/C26H37N5O3/c1-17(2)19(14-20(27)18-8-5-6-9-18)22-28-15-21(29-22)23(32)31-13-12-30(16-25(31,3)4)24(33)26(34)10-7-11-26/h8,14-15,17,27,34H,5-7,9-13,16H2,1-4H3,(H,28,29)/p+1/b19-14-,27-20?. The molecule has 2 aliphatic carbocycles. The van der Waals surface area contributed by atoms with E-state index in [0.29, 0.717) is 44.0 Å². The van der Waals surface area contributed by atoms with Crippen molar-refractivity contribution >= 4 is 23.1 Å². The van der Waals surface area contributed by atoms with Crippen LogP contribution < -0.4 is 5.41 Å². The molecule has 4 rings (SSSR count). The van der Waals surface area contributed by atoms with Crippen molar-refractivity contribution in [1.82, 2.24) is 19.8 Å². The van der Waals surface area contributed by atoms with E-state index >= 15 is 0 Å². The highest BCUT2D eigenvalue weighted by Gasteiger charge is 2.48. The molecule has 8 nitrogen and oxygen atoms in total. The largest absolute Gasteiger partial charge is 0.380 e. The van der Waals surface area contributed by atoms with Gasteiger partial charge < -0.3 is 19.9 Å². The maximum atomic E-state index is 13.4. The zero-order valence-electron chi connectivity index (χ0n) is 20.9. The predicted octanol–water partition coefficient (Wildman–Crippen LogP) is 1.74. The third kappa shape index (κ3) is 4.60. The number of aromatic amines is 1. The van der Waals surface area contributed by atoms with Gasteiger partial charge in [0.2, 0.25) is 0 Å². The lowest BCUT2D eigenvalue weighted by molar-refractivity contribution is -0.164. The van der Waals surface area contributed by atoms with Gasteiger partial charge in [-0.15, -0.1) is 0 Å². The molecule has 0 spiro atoms. The molecule has 4 N–H and O–H groups in total. The van der Waals surface area contributed by atoms with Gasteiger partial charge in [-0.3, -0.25) is 15.0 Å². The second-order valence-corrected chi connectivity index (χ2v) is 10.9. The predicted molar refractivity (Wildman–Crippen MR) is 131 cm³/mol. The second kappa shape index (κ2) is 9.13. The number of nitrogens with two attached hydrogens (primary N) is 1. The van der Waals surface area contributed by atoms with Gasteiger partial charge in [0, 0.05) is 36.9 Å². The van der Waals surface area contributed by atoms with E-state index in [1.165, 1.54) is 5.57 Å². The molecule has 0 bridgehead atoms. The normalized spacial score (nSPS) is 21.9. The molecule has 1 aromatic rings. The Bertz CT molecular complexity index is 1040. The number of carbonyl (C=O) groups is 2. The summed E-state index contributed by atoms with van der Waals surface area (Å²) in [6, 6.07) is 0. The minimum absolute atomic E-state index is 0.142. The van der Waals surface area contributed by atoms with Crippen molar-refractivity contribution < 1.29 is 20.1 Å². The van der Waals surface area contributed by atoms with Crippen LogP contribution in [0.15, 0.2) is 23.9 Å². The number of H-pyrrole nitrogens is 1. The van der Waals surface area contributed by atoms with Crippen molar-refractivity contribution in [2.45, 2.75) is 77.4 Å². The number of hydrogen-bond donors (Lipinski definition) is 3. The van der Waals surface area contributed by atoms with Gasteiger partial charge >= 0.3 is 0 Å². The number of carbonyl (C=O) groups excluding carboxylic acids is 2. The summed E-state index contributed by atoms with van der Waals surface area (Å²) in [5, 5.41) is 16.8. The summed E-state index contributed by atoms with van der Waals surface area (Å²) in [5.41, 5.74) is 1.55. The van der Waals surface area contributed by atoms with Crippen LogP contribution in [0, 0.1) is 5.92 Å². The van der Waals surface area contributed by atoms with E-state index in [4.69, 9.17) is 5.41 Å². The molecular weight excluding hydrogens is 430 g/mol. The molecule has 0 radical (unpaired) electrons. The molecule has 1 aromatic heterocycles. The van der Waals surface area contributed by atoms with Gasteiger partial charge in [0.1, 0.15) is 17.1 Å². The average molecular weight is 469 g/mol. The average Bonchev–Trinajstić information content (AvgIpc) is 3.46. The Morgan fingerprint density at radius 3 is 2.53 bits per heavy atom. The molecule has 2 amide bonds. The number of hydrogen-bond acceptors (Lipinski definition) is 4. The van der Waals surface area contributed by atoms with Gasteiger partial charge in [0.15, 0.2) is 5.71 Å². The van der Waals surface area contributed by atoms with Gasteiger partial charge in [-0.1, -0.05) is 19.9 Å². The van der Waals surface area contributed by atoms with Crippen LogP contribution in [0.5, 0.6) is 0 Å². The number of aliphatic hydroxyl groups is 1. The van der Waals surface area contributed by atoms with Crippen molar-refractivity contribution in [3.8, 4) is 0 Å². The van der Waals surface area contributed by atoms with Crippen molar-refractivity contribution in [3.05, 3.63) is 35.4 Å². The molecule has 1 saturated heterocycles. The first-order valence-corrected chi connectivity index (χ1v) is 12.4. The third-order valence-electron chi connectivity index (χ3n) is 7.44. The Morgan fingerprint density at radius 2 is 1.97 bits per heavy atom. The van der Waals surface area contributed by atoms with E-state index in [0.717, 1.165) is 37.0 Å². The van der Waals surface area contributed by atoms with Crippen LogP contribution in [0.2, 0.25) is 0 Å². The highest BCUT2D eigenvalue weighted by molar-refractivity contribution is 6.08. The lowest BCUT2D eigenvalue weighted by Crippen LogP contribution is -2.65. The Kier molecular flexibility index (Phi) is 6.55. The number of piperazine rings is 1. The molecular formula is C26H38N5O3+. The van der Waals surface area contributed by atoms with Crippen LogP contribution >= 0.6 is 0 Å². The summed E-state index contributed by atoms with van der Waals surface area (Å²) >= 11 is 0. The molecule has 1 aliphatic heterocycles. The molecule has 0 atom stereocenters. The van der Waals surface area contributed by atoms with Crippen LogP contribution in [0.4, 0.5) is 0 Å². The molecule has 3 aliphatic rings. The third-order valence-corrected chi connectivity index (χ3v) is 7.44. The maximum Gasteiger partial charge on any atom is 0.272 e. The molecule has 0 unspecified atom stereocenters. The number of nitrogens with one attached hydrogen (secondary N) is 1. The van der Waals surface area contributed by atoms with E-state index in [9.17, 15) is 14.7 Å². The Hall–Kier alpha value is -2.74. The topological polar surface area (TPSA) is 115 Å². The second-order valence-electron chi connectivity index (χ2n) is 10.9. The van der Waals surface area contributed by atoms with Gasteiger partial charge in [-0.2, -0.15) is 0 Å². The van der Waals surface area contributed by atoms with Crippen LogP contribution in [-0.2, 0) is 4.79 Å². The van der Waals surface area contributed by atoms with Crippen LogP contribution in [-0.4, -0.2) is 73.2 Å². The summed E-state index contributed by atoms with van der Waals surface area (Å²) in [6.45, 7) is 9.29. The molecule has 184 valence electrons. The molecule has 8 heteroatoms. The van der Waals surface area contributed by atoms with E-state index < -0.39 is 11.1 Å². The fourth-order valence-electron chi connectivity index (χ4n) is 5.15. The van der Waals surface area contributed by atoms with Crippen molar-refractivity contribution in [1.29, 1.82) is 0 Å². The Labute approximate surface area is 201 Å². The molecule has 34 heavy (non-hydrogen) atoms. The lowest BCUT2D eigenvalue weighted by atomic mass is 9.78. The zero-order chi connectivity index (χ0) is 24.7. The number of nitrogens with zero attached hydrogens (tertiary/aromatic N) is 3. The lowest BCUT2D eigenvalue weighted by Gasteiger charge is -2.49. The fraction of sp³-hybridized carbons (Fsp3) is 0.615. The van der Waals surface area contributed by atoms with E-state index in [1.54, 1.807) is 16.0 Å². The van der Waals surface area contributed by atoms with E-state index in [2.05, 4.69) is 29.9 Å². The zero-order valence-corrected chi connectivity index (χ0v) is 20.9. The summed E-state index contributed by atoms with van der Waals surface area (Å²) in [7, 11) is 0. The molecule has 0 aromatic carbocycles. The number of aromatic nitrogens is 2. The van der Waals surface area contributed by atoms with Gasteiger partial charge in [0.05, 0.1) is 11.7 Å². The van der Waals surface area contributed by atoms with Gasteiger partial charge in [0.25, 0.3) is 11.8 Å². The number of allylic oxidation sites excluding steroid dienone is 4. The maximum absolute atomic E-state index is 13.4. The van der Waals surface area contributed by atoms with Crippen LogP contribution in [0.25, 0.3) is 5.57 Å². The summed E-state index contributed by atoms with van der Waals surface area (Å²) in [6.07, 6.45) is 10.9.